The van der Waals surface area contributed by atoms with Crippen molar-refractivity contribution in [1.82, 2.24) is 5.32 Å². The molecule has 0 unspecified atom stereocenters. The molecule has 1 aliphatic rings. The monoisotopic (exact) mass is 244 g/mol. The highest BCUT2D eigenvalue weighted by Gasteiger charge is 2.16. The minimum Gasteiger partial charge on any atom is -0.394 e. The second-order valence-electron chi connectivity index (χ2n) is 4.28. The molecule has 1 saturated carbocycles. The van der Waals surface area contributed by atoms with Crippen molar-refractivity contribution in [2.45, 2.75) is 58.0 Å². The molecule has 0 aromatic heterocycles. The zero-order chi connectivity index (χ0) is 11.6. The van der Waals surface area contributed by atoms with Gasteiger partial charge in [0.2, 0.25) is 0 Å². The van der Waals surface area contributed by atoms with E-state index in [4.69, 9.17) is 8.85 Å². The van der Waals surface area contributed by atoms with E-state index >= 15 is 0 Å². The van der Waals surface area contributed by atoms with Gasteiger partial charge in [0, 0.05) is 25.3 Å². The summed E-state index contributed by atoms with van der Waals surface area (Å²) in [5, 5.41) is 3.63. The molecule has 1 N–H and O–H groups in total. The van der Waals surface area contributed by atoms with Crippen LogP contribution in [-0.4, -0.2) is 35.1 Å². The van der Waals surface area contributed by atoms with Gasteiger partial charge in [0.25, 0.3) is 0 Å². The molecule has 1 rings (SSSR count). The average Bonchev–Trinajstić information content (AvgIpc) is 2.31. The molecule has 0 aliphatic heterocycles. The molecule has 3 nitrogen and oxygen atoms in total. The molecule has 1 fully saturated rings. The Balaban J connectivity index is 2.06. The highest BCUT2D eigenvalue weighted by Crippen LogP contribution is 2.17. The van der Waals surface area contributed by atoms with E-state index in [1.165, 1.54) is 32.1 Å². The number of rotatable bonds is 8. The molecule has 0 amide bonds. The van der Waals surface area contributed by atoms with Crippen LogP contribution in [0.4, 0.5) is 0 Å². The zero-order valence-corrected chi connectivity index (χ0v) is 11.8. The molecule has 95 valence electrons. The van der Waals surface area contributed by atoms with E-state index in [1.54, 1.807) is 0 Å². The van der Waals surface area contributed by atoms with Gasteiger partial charge in [-0.2, -0.15) is 0 Å². The maximum atomic E-state index is 5.61. The van der Waals surface area contributed by atoms with Crippen LogP contribution >= 0.6 is 0 Å². The molecule has 0 spiro atoms. The first-order valence-corrected chi connectivity index (χ1v) is 8.24. The van der Waals surface area contributed by atoms with Crippen molar-refractivity contribution in [3.05, 3.63) is 0 Å². The Morgan fingerprint density at radius 2 is 1.69 bits per heavy atom. The smallest absolute Gasteiger partial charge is 0.385 e. The summed E-state index contributed by atoms with van der Waals surface area (Å²) in [7, 11) is -1.01. The van der Waals surface area contributed by atoms with Crippen molar-refractivity contribution in [1.29, 1.82) is 0 Å². The summed E-state index contributed by atoms with van der Waals surface area (Å²) in [5.41, 5.74) is 0. The van der Waals surface area contributed by atoms with Crippen LogP contribution in [0.25, 0.3) is 0 Å². The van der Waals surface area contributed by atoms with Crippen molar-refractivity contribution in [2.75, 3.05) is 19.8 Å². The Kier molecular flexibility index (Phi) is 8.11. The number of hydrogen-bond acceptors (Lipinski definition) is 3. The standard InChI is InChI=1S/C12H26NO2Si/c1-3-14-16(15-4-2)11-10-13-12-8-6-5-7-9-12/h12-13H,3-11H2,1-2H3. The van der Waals surface area contributed by atoms with Gasteiger partial charge >= 0.3 is 9.28 Å². The zero-order valence-electron chi connectivity index (χ0n) is 10.8. The third kappa shape index (κ3) is 5.99. The summed E-state index contributed by atoms with van der Waals surface area (Å²) in [5.74, 6) is 0. The summed E-state index contributed by atoms with van der Waals surface area (Å²) in [6, 6.07) is 1.81. The van der Waals surface area contributed by atoms with Crippen LogP contribution in [-0.2, 0) is 8.85 Å². The van der Waals surface area contributed by atoms with Crippen molar-refractivity contribution in [2.24, 2.45) is 0 Å². The van der Waals surface area contributed by atoms with E-state index < -0.39 is 9.28 Å². The Bertz CT molecular complexity index is 157. The maximum absolute atomic E-state index is 5.61. The Morgan fingerprint density at radius 3 is 2.25 bits per heavy atom. The molecular formula is C12H26NO2Si. The van der Waals surface area contributed by atoms with Crippen LogP contribution in [0.15, 0.2) is 0 Å². The topological polar surface area (TPSA) is 30.5 Å². The van der Waals surface area contributed by atoms with Crippen LogP contribution in [0.5, 0.6) is 0 Å². The van der Waals surface area contributed by atoms with Crippen molar-refractivity contribution >= 4 is 9.28 Å². The van der Waals surface area contributed by atoms with E-state index in [0.717, 1.165) is 31.8 Å². The SMILES string of the molecule is CCO[Si](CCNC1CCCCC1)OCC. The van der Waals surface area contributed by atoms with Gasteiger partial charge in [-0.25, -0.2) is 0 Å². The first-order valence-electron chi connectivity index (χ1n) is 6.71. The summed E-state index contributed by atoms with van der Waals surface area (Å²) in [6.07, 6.45) is 6.92. The van der Waals surface area contributed by atoms with E-state index in [-0.39, 0.29) is 0 Å². The molecule has 4 heteroatoms. The largest absolute Gasteiger partial charge is 0.394 e. The minimum atomic E-state index is -1.01. The van der Waals surface area contributed by atoms with Gasteiger partial charge < -0.3 is 14.2 Å². The average molecular weight is 244 g/mol. The van der Waals surface area contributed by atoms with Gasteiger partial charge in [0.15, 0.2) is 0 Å². The number of nitrogens with one attached hydrogen (secondary N) is 1. The molecule has 1 aliphatic carbocycles. The van der Waals surface area contributed by atoms with Crippen LogP contribution in [0.1, 0.15) is 46.0 Å². The third-order valence-corrected chi connectivity index (χ3v) is 4.86. The van der Waals surface area contributed by atoms with Gasteiger partial charge in [-0.3, -0.25) is 0 Å². The Morgan fingerprint density at radius 1 is 1.06 bits per heavy atom. The summed E-state index contributed by atoms with van der Waals surface area (Å²) in [6.45, 7) is 6.69. The molecule has 0 aromatic carbocycles. The highest BCUT2D eigenvalue weighted by molar-refractivity contribution is 6.44. The minimum absolute atomic E-state index is 0.750. The van der Waals surface area contributed by atoms with Crippen molar-refractivity contribution in [3.63, 3.8) is 0 Å². The molecule has 0 aromatic rings. The van der Waals surface area contributed by atoms with Gasteiger partial charge in [0.05, 0.1) is 0 Å². The molecule has 16 heavy (non-hydrogen) atoms. The quantitative estimate of drug-likeness (QED) is 0.665. The Hall–Kier alpha value is 0.0969. The molecule has 0 atom stereocenters. The molecular weight excluding hydrogens is 218 g/mol. The van der Waals surface area contributed by atoms with Gasteiger partial charge in [-0.1, -0.05) is 19.3 Å². The van der Waals surface area contributed by atoms with Crippen LogP contribution < -0.4 is 5.32 Å². The summed E-state index contributed by atoms with van der Waals surface area (Å²) in [4.78, 5) is 0. The molecule has 0 heterocycles. The van der Waals surface area contributed by atoms with Gasteiger partial charge in [0.1, 0.15) is 0 Å². The normalized spacial score (nSPS) is 18.2. The Labute approximate surface area is 102 Å². The maximum Gasteiger partial charge on any atom is 0.385 e. The lowest BCUT2D eigenvalue weighted by Crippen LogP contribution is -2.35. The second kappa shape index (κ2) is 9.16. The molecule has 0 bridgehead atoms. The van der Waals surface area contributed by atoms with Crippen LogP contribution in [0, 0.1) is 0 Å². The van der Waals surface area contributed by atoms with Crippen LogP contribution in [0.2, 0.25) is 6.04 Å². The highest BCUT2D eigenvalue weighted by atomic mass is 28.3. The van der Waals surface area contributed by atoms with E-state index in [2.05, 4.69) is 5.32 Å². The predicted molar refractivity (Wildman–Crippen MR) is 68.7 cm³/mol. The fourth-order valence-corrected chi connectivity index (χ4v) is 3.56. The lowest BCUT2D eigenvalue weighted by Gasteiger charge is -2.23. The predicted octanol–water partition coefficient (Wildman–Crippen LogP) is 2.47. The molecule has 1 radical (unpaired) electrons. The second-order valence-corrected chi connectivity index (χ2v) is 6.10. The molecule has 0 saturated heterocycles. The third-order valence-electron chi connectivity index (χ3n) is 2.98. The fourth-order valence-electron chi connectivity index (χ4n) is 2.19. The van der Waals surface area contributed by atoms with Crippen molar-refractivity contribution in [3.8, 4) is 0 Å². The van der Waals surface area contributed by atoms with E-state index in [0.29, 0.717) is 0 Å². The first kappa shape index (κ1) is 14.2. The summed E-state index contributed by atoms with van der Waals surface area (Å²) >= 11 is 0. The summed E-state index contributed by atoms with van der Waals surface area (Å²) < 4.78 is 11.2. The van der Waals surface area contributed by atoms with Gasteiger partial charge in [-0.15, -0.1) is 0 Å². The number of hydrogen-bond donors (Lipinski definition) is 1. The van der Waals surface area contributed by atoms with Gasteiger partial charge in [-0.05, 0) is 33.2 Å². The van der Waals surface area contributed by atoms with E-state index in [1.807, 2.05) is 13.8 Å². The van der Waals surface area contributed by atoms with Crippen LogP contribution in [0.3, 0.4) is 0 Å². The first-order chi connectivity index (χ1) is 7.86. The van der Waals surface area contributed by atoms with E-state index in [9.17, 15) is 0 Å². The van der Waals surface area contributed by atoms with Crippen molar-refractivity contribution < 1.29 is 8.85 Å². The fraction of sp³-hybridized carbons (Fsp3) is 1.00. The lowest BCUT2D eigenvalue weighted by atomic mass is 9.96. The lowest BCUT2D eigenvalue weighted by molar-refractivity contribution is 0.212.